The Labute approximate surface area is 144 Å². The van der Waals surface area contributed by atoms with Crippen LogP contribution in [0.3, 0.4) is 0 Å². The van der Waals surface area contributed by atoms with Crippen molar-refractivity contribution in [2.24, 2.45) is 0 Å². The quantitative estimate of drug-likeness (QED) is 0.578. The summed E-state index contributed by atoms with van der Waals surface area (Å²) in [4.78, 5) is 23.5. The first kappa shape index (κ1) is 17.9. The van der Waals surface area contributed by atoms with Crippen molar-refractivity contribution in [1.82, 2.24) is 14.9 Å². The predicted molar refractivity (Wildman–Crippen MR) is 94.7 cm³/mol. The van der Waals surface area contributed by atoms with E-state index >= 15 is 0 Å². The maximum absolute atomic E-state index is 12.1. The number of thiophene rings is 1. The van der Waals surface area contributed by atoms with Crippen molar-refractivity contribution < 1.29 is 9.53 Å². The summed E-state index contributed by atoms with van der Waals surface area (Å²) in [5.74, 6) is 0.216. The van der Waals surface area contributed by atoms with Gasteiger partial charge >= 0.3 is 5.97 Å². The van der Waals surface area contributed by atoms with E-state index in [2.05, 4.69) is 34.0 Å². The molecule has 2 aromatic heterocycles. The molecule has 0 bridgehead atoms. The molecule has 0 unspecified atom stereocenters. The third-order valence-electron chi connectivity index (χ3n) is 3.52. The predicted octanol–water partition coefficient (Wildman–Crippen LogP) is 3.28. The number of nitrogens with zero attached hydrogens (tertiary/aromatic N) is 3. The lowest BCUT2D eigenvalue weighted by Gasteiger charge is -2.18. The number of fused-ring (bicyclic) bond motifs is 1. The molecule has 2 heterocycles. The Balaban J connectivity index is 2.26. The van der Waals surface area contributed by atoms with E-state index in [-0.39, 0.29) is 11.3 Å². The first-order valence-corrected chi connectivity index (χ1v) is 8.94. The number of carbonyl (C=O) groups excluding carboxylic acids is 1. The summed E-state index contributed by atoms with van der Waals surface area (Å²) in [6.45, 7) is 9.94. The van der Waals surface area contributed by atoms with Gasteiger partial charge in [-0.25, -0.2) is 14.8 Å². The molecule has 0 amide bonds. The third kappa shape index (κ3) is 4.31. The molecular weight excluding hydrogens is 336 g/mol. The van der Waals surface area contributed by atoms with Crippen LogP contribution in [-0.4, -0.2) is 53.6 Å². The van der Waals surface area contributed by atoms with E-state index in [0.717, 1.165) is 19.6 Å². The molecule has 0 fully saturated rings. The minimum atomic E-state index is -0.364. The SMILES string of the molecule is CCOC(=O)c1csc2nc(Cl)nc(NCCN(CC)CC)c12. The van der Waals surface area contributed by atoms with Gasteiger partial charge in [0.1, 0.15) is 10.6 Å². The Kier molecular flexibility index (Phi) is 6.56. The van der Waals surface area contributed by atoms with Gasteiger partial charge in [0.05, 0.1) is 17.6 Å². The van der Waals surface area contributed by atoms with E-state index in [1.54, 1.807) is 12.3 Å². The number of hydrogen-bond acceptors (Lipinski definition) is 7. The number of aromatic nitrogens is 2. The number of likely N-dealkylation sites (N-methyl/N-ethyl adjacent to an activating group) is 1. The van der Waals surface area contributed by atoms with Gasteiger partial charge in [-0.3, -0.25) is 0 Å². The van der Waals surface area contributed by atoms with Crippen molar-refractivity contribution in [1.29, 1.82) is 0 Å². The molecule has 0 aromatic carbocycles. The number of ether oxygens (including phenoxy) is 1. The largest absolute Gasteiger partial charge is 0.462 e. The monoisotopic (exact) mass is 356 g/mol. The molecule has 6 nitrogen and oxygen atoms in total. The second-order valence-corrected chi connectivity index (χ2v) is 6.04. The molecule has 0 aliphatic rings. The highest BCUT2D eigenvalue weighted by Crippen LogP contribution is 2.31. The average molecular weight is 357 g/mol. The highest BCUT2D eigenvalue weighted by molar-refractivity contribution is 7.17. The van der Waals surface area contributed by atoms with Gasteiger partial charge < -0.3 is 15.0 Å². The minimum Gasteiger partial charge on any atom is -0.462 e. The number of carbonyl (C=O) groups is 1. The van der Waals surface area contributed by atoms with E-state index in [1.165, 1.54) is 11.3 Å². The fraction of sp³-hybridized carbons (Fsp3) is 0.533. The molecule has 0 saturated heterocycles. The van der Waals surface area contributed by atoms with Crippen molar-refractivity contribution in [3.8, 4) is 0 Å². The molecule has 23 heavy (non-hydrogen) atoms. The second-order valence-electron chi connectivity index (χ2n) is 4.84. The van der Waals surface area contributed by atoms with Gasteiger partial charge in [-0.05, 0) is 31.6 Å². The van der Waals surface area contributed by atoms with Crippen LogP contribution >= 0.6 is 22.9 Å². The van der Waals surface area contributed by atoms with Crippen LogP contribution in [0.25, 0.3) is 10.2 Å². The number of nitrogens with one attached hydrogen (secondary N) is 1. The first-order valence-electron chi connectivity index (χ1n) is 7.68. The summed E-state index contributed by atoms with van der Waals surface area (Å²) < 4.78 is 5.10. The van der Waals surface area contributed by atoms with E-state index in [1.807, 2.05) is 0 Å². The van der Waals surface area contributed by atoms with Crippen LogP contribution < -0.4 is 5.32 Å². The van der Waals surface area contributed by atoms with Crippen LogP contribution in [0, 0.1) is 0 Å². The lowest BCUT2D eigenvalue weighted by molar-refractivity contribution is 0.0529. The van der Waals surface area contributed by atoms with E-state index in [4.69, 9.17) is 16.3 Å². The minimum absolute atomic E-state index is 0.167. The Bertz CT molecular complexity index is 673. The molecular formula is C15H21ClN4O2S. The van der Waals surface area contributed by atoms with Crippen LogP contribution in [0.15, 0.2) is 5.38 Å². The molecule has 2 aromatic rings. The fourth-order valence-corrected chi connectivity index (χ4v) is 3.40. The van der Waals surface area contributed by atoms with Gasteiger partial charge in [-0.1, -0.05) is 13.8 Å². The van der Waals surface area contributed by atoms with Gasteiger partial charge in [0, 0.05) is 18.5 Å². The number of anilines is 1. The molecule has 0 atom stereocenters. The zero-order valence-electron chi connectivity index (χ0n) is 13.6. The molecule has 2 rings (SSSR count). The lowest BCUT2D eigenvalue weighted by atomic mass is 10.2. The smallest absolute Gasteiger partial charge is 0.339 e. The summed E-state index contributed by atoms with van der Waals surface area (Å²) >= 11 is 7.35. The molecule has 0 saturated carbocycles. The molecule has 126 valence electrons. The van der Waals surface area contributed by atoms with Gasteiger partial charge in [0.2, 0.25) is 5.28 Å². The van der Waals surface area contributed by atoms with Gasteiger partial charge in [-0.15, -0.1) is 11.3 Å². The van der Waals surface area contributed by atoms with E-state index in [0.29, 0.717) is 34.7 Å². The normalized spacial score (nSPS) is 11.2. The van der Waals surface area contributed by atoms with Crippen molar-refractivity contribution in [2.75, 3.05) is 38.1 Å². The van der Waals surface area contributed by atoms with Crippen LogP contribution in [0.4, 0.5) is 5.82 Å². The Hall–Kier alpha value is -1.44. The average Bonchev–Trinajstić information content (AvgIpc) is 2.95. The number of rotatable bonds is 8. The van der Waals surface area contributed by atoms with Gasteiger partial charge in [0.15, 0.2) is 0 Å². The molecule has 1 N–H and O–H groups in total. The maximum Gasteiger partial charge on any atom is 0.339 e. The Morgan fingerprint density at radius 2 is 2.09 bits per heavy atom. The topological polar surface area (TPSA) is 67.3 Å². The molecule has 8 heteroatoms. The summed E-state index contributed by atoms with van der Waals surface area (Å²) in [7, 11) is 0. The van der Waals surface area contributed by atoms with Crippen LogP contribution in [-0.2, 0) is 4.74 Å². The van der Waals surface area contributed by atoms with Crippen molar-refractivity contribution in [3.63, 3.8) is 0 Å². The zero-order valence-corrected chi connectivity index (χ0v) is 15.1. The summed E-state index contributed by atoms with van der Waals surface area (Å²) in [5.41, 5.74) is 0.480. The third-order valence-corrected chi connectivity index (χ3v) is 4.56. The standard InChI is InChI=1S/C15H21ClN4O2S/c1-4-20(5-2)8-7-17-12-11-10(14(21)22-6-3)9-23-13(11)19-15(16)18-12/h9H,4-8H2,1-3H3,(H,17,18,19). The van der Waals surface area contributed by atoms with Gasteiger partial charge in [0.25, 0.3) is 0 Å². The molecule has 0 spiro atoms. The molecule has 0 radical (unpaired) electrons. The van der Waals surface area contributed by atoms with Crippen LogP contribution in [0.1, 0.15) is 31.1 Å². The summed E-state index contributed by atoms with van der Waals surface area (Å²) in [6, 6.07) is 0. The van der Waals surface area contributed by atoms with E-state index < -0.39 is 0 Å². The zero-order chi connectivity index (χ0) is 16.8. The van der Waals surface area contributed by atoms with Crippen molar-refractivity contribution in [3.05, 3.63) is 16.2 Å². The highest BCUT2D eigenvalue weighted by atomic mass is 35.5. The lowest BCUT2D eigenvalue weighted by Crippen LogP contribution is -2.28. The number of esters is 1. The second kappa shape index (κ2) is 8.42. The Morgan fingerprint density at radius 3 is 2.74 bits per heavy atom. The molecule has 0 aliphatic heterocycles. The van der Waals surface area contributed by atoms with Crippen LogP contribution in [0.2, 0.25) is 5.28 Å². The summed E-state index contributed by atoms with van der Waals surface area (Å²) in [6.07, 6.45) is 0. The van der Waals surface area contributed by atoms with Crippen LogP contribution in [0.5, 0.6) is 0 Å². The van der Waals surface area contributed by atoms with Crippen molar-refractivity contribution >= 4 is 44.9 Å². The first-order chi connectivity index (χ1) is 11.1. The maximum atomic E-state index is 12.1. The van der Waals surface area contributed by atoms with E-state index in [9.17, 15) is 4.79 Å². The number of hydrogen-bond donors (Lipinski definition) is 1. The van der Waals surface area contributed by atoms with Crippen molar-refractivity contribution in [2.45, 2.75) is 20.8 Å². The molecule has 0 aliphatic carbocycles. The van der Waals surface area contributed by atoms with Gasteiger partial charge in [-0.2, -0.15) is 0 Å². The summed E-state index contributed by atoms with van der Waals surface area (Å²) in [5, 5.41) is 5.86. The fourth-order valence-electron chi connectivity index (χ4n) is 2.28. The Morgan fingerprint density at radius 1 is 1.35 bits per heavy atom. The highest BCUT2D eigenvalue weighted by Gasteiger charge is 2.19. The number of halogens is 1.